The minimum Gasteiger partial charge on any atom is -1.00 e. The van der Waals surface area contributed by atoms with Crippen LogP contribution in [-0.2, 0) is 6.42 Å². The van der Waals surface area contributed by atoms with Crippen LogP contribution in [0.2, 0.25) is 0 Å². The van der Waals surface area contributed by atoms with Gasteiger partial charge in [-0.15, -0.1) is 0 Å². The summed E-state index contributed by atoms with van der Waals surface area (Å²) in [5.41, 5.74) is 0.809. The van der Waals surface area contributed by atoms with Gasteiger partial charge in [0.2, 0.25) is 5.75 Å². The molecule has 4 nitrogen and oxygen atoms in total. The second kappa shape index (κ2) is 6.61. The molecule has 2 aromatic carbocycles. The van der Waals surface area contributed by atoms with Crippen LogP contribution in [-0.4, -0.2) is 21.1 Å². The first kappa shape index (κ1) is 15.6. The number of aromatic hydroxyl groups is 3. The molecule has 0 spiro atoms. The first-order chi connectivity index (χ1) is 8.59. The van der Waals surface area contributed by atoms with Gasteiger partial charge in [0.25, 0.3) is 0 Å². The van der Waals surface area contributed by atoms with E-state index in [0.29, 0.717) is 0 Å². The Kier molecular flexibility index (Phi) is 5.42. The zero-order valence-electron chi connectivity index (χ0n) is 11.5. The van der Waals surface area contributed by atoms with Gasteiger partial charge >= 0.3 is 29.6 Å². The smallest absolute Gasteiger partial charge is 1.00 e. The SMILES string of the molecule is O=C(Cc1ccccc1)c1ccc(O)c(O)c1O.[H-].[Na+]. The van der Waals surface area contributed by atoms with Crippen LogP contribution in [0.1, 0.15) is 17.3 Å². The Bertz CT molecular complexity index is 587. The predicted molar refractivity (Wildman–Crippen MR) is 67.0 cm³/mol. The number of Topliss-reactive ketones (excluding diaryl/α,β-unsaturated/α-hetero) is 1. The molecule has 0 unspecified atom stereocenters. The number of carbonyl (C=O) groups is 1. The van der Waals surface area contributed by atoms with Gasteiger partial charge in [-0.2, -0.15) is 0 Å². The van der Waals surface area contributed by atoms with E-state index in [0.717, 1.165) is 5.56 Å². The summed E-state index contributed by atoms with van der Waals surface area (Å²) in [7, 11) is 0. The summed E-state index contributed by atoms with van der Waals surface area (Å²) >= 11 is 0. The number of hydrogen-bond acceptors (Lipinski definition) is 4. The molecular weight excluding hydrogens is 255 g/mol. The summed E-state index contributed by atoms with van der Waals surface area (Å²) < 4.78 is 0. The number of benzene rings is 2. The minimum atomic E-state index is -0.672. The molecule has 2 rings (SSSR count). The number of rotatable bonds is 3. The van der Waals surface area contributed by atoms with Crippen LogP contribution >= 0.6 is 0 Å². The first-order valence-corrected chi connectivity index (χ1v) is 5.40. The molecule has 0 aromatic heterocycles. The maximum Gasteiger partial charge on any atom is 1.00 e. The van der Waals surface area contributed by atoms with Crippen molar-refractivity contribution in [3.05, 3.63) is 53.6 Å². The van der Waals surface area contributed by atoms with Gasteiger partial charge in [-0.25, -0.2) is 0 Å². The quantitative estimate of drug-likeness (QED) is 0.392. The van der Waals surface area contributed by atoms with Crippen LogP contribution < -0.4 is 29.6 Å². The van der Waals surface area contributed by atoms with Crippen molar-refractivity contribution in [1.29, 1.82) is 0 Å². The Morgan fingerprint density at radius 2 is 1.58 bits per heavy atom. The van der Waals surface area contributed by atoms with E-state index >= 15 is 0 Å². The third-order valence-corrected chi connectivity index (χ3v) is 2.64. The molecule has 0 heterocycles. The zero-order valence-corrected chi connectivity index (χ0v) is 12.5. The van der Waals surface area contributed by atoms with Crippen molar-refractivity contribution in [2.75, 3.05) is 0 Å². The summed E-state index contributed by atoms with van der Waals surface area (Å²) in [5, 5.41) is 28.1. The van der Waals surface area contributed by atoms with E-state index < -0.39 is 17.2 Å². The second-order valence-corrected chi connectivity index (χ2v) is 3.92. The molecule has 0 aliphatic rings. The van der Waals surface area contributed by atoms with E-state index in [2.05, 4.69) is 0 Å². The molecule has 0 saturated carbocycles. The molecule has 5 heteroatoms. The third kappa shape index (κ3) is 3.50. The van der Waals surface area contributed by atoms with Gasteiger partial charge < -0.3 is 16.7 Å². The van der Waals surface area contributed by atoms with Crippen LogP contribution in [0.25, 0.3) is 0 Å². The molecule has 94 valence electrons. The van der Waals surface area contributed by atoms with Crippen molar-refractivity contribution in [3.63, 3.8) is 0 Å². The average Bonchev–Trinajstić information content (AvgIpc) is 2.37. The summed E-state index contributed by atoms with van der Waals surface area (Å²) in [6.45, 7) is 0. The van der Waals surface area contributed by atoms with E-state index in [9.17, 15) is 20.1 Å². The molecule has 0 saturated heterocycles. The number of phenolic OH excluding ortho intramolecular Hbond substituents is 3. The fourth-order valence-electron chi connectivity index (χ4n) is 1.67. The topological polar surface area (TPSA) is 77.8 Å². The standard InChI is InChI=1S/C14H12O4.Na.H/c15-11-7-6-10(13(17)14(11)18)12(16)8-9-4-2-1-3-5-9;;/h1-7,15,17-18H,8H2;;/q;+1;-1. The van der Waals surface area contributed by atoms with E-state index in [4.69, 9.17) is 0 Å². The maximum absolute atomic E-state index is 11.9. The van der Waals surface area contributed by atoms with E-state index in [1.54, 1.807) is 12.1 Å². The number of phenols is 3. The van der Waals surface area contributed by atoms with Crippen molar-refractivity contribution < 1.29 is 51.1 Å². The Labute approximate surface area is 134 Å². The van der Waals surface area contributed by atoms with Crippen LogP contribution in [0.4, 0.5) is 0 Å². The average molecular weight is 268 g/mol. The van der Waals surface area contributed by atoms with E-state index in [-0.39, 0.29) is 48.8 Å². The van der Waals surface area contributed by atoms with Gasteiger partial charge in [-0.3, -0.25) is 4.79 Å². The van der Waals surface area contributed by atoms with Gasteiger partial charge in [0, 0.05) is 6.42 Å². The summed E-state index contributed by atoms with van der Waals surface area (Å²) in [5.74, 6) is -2.04. The first-order valence-electron chi connectivity index (χ1n) is 5.40. The molecule has 2 aromatic rings. The molecule has 0 bridgehead atoms. The number of hydrogen-bond donors (Lipinski definition) is 3. The van der Waals surface area contributed by atoms with Gasteiger partial charge in [0.15, 0.2) is 17.3 Å². The van der Waals surface area contributed by atoms with Crippen molar-refractivity contribution in [1.82, 2.24) is 0 Å². The molecule has 0 radical (unpaired) electrons. The van der Waals surface area contributed by atoms with E-state index in [1.165, 1.54) is 12.1 Å². The third-order valence-electron chi connectivity index (χ3n) is 2.64. The monoisotopic (exact) mass is 268 g/mol. The summed E-state index contributed by atoms with van der Waals surface area (Å²) in [6, 6.07) is 11.5. The van der Waals surface area contributed by atoms with Crippen LogP contribution in [0.3, 0.4) is 0 Å². The fraction of sp³-hybridized carbons (Fsp3) is 0.0714. The number of carbonyl (C=O) groups excluding carboxylic acids is 1. The normalized spacial score (nSPS) is 9.68. The van der Waals surface area contributed by atoms with Gasteiger partial charge in [0.05, 0.1) is 5.56 Å². The van der Waals surface area contributed by atoms with Crippen LogP contribution in [0.15, 0.2) is 42.5 Å². The molecule has 0 aliphatic carbocycles. The molecular formula is C14H13NaO4. The summed E-state index contributed by atoms with van der Waals surface area (Å²) in [4.78, 5) is 11.9. The predicted octanol–water partition coefficient (Wildman–Crippen LogP) is -0.655. The van der Waals surface area contributed by atoms with Crippen molar-refractivity contribution in [2.24, 2.45) is 0 Å². The van der Waals surface area contributed by atoms with Crippen LogP contribution in [0, 0.1) is 0 Å². The van der Waals surface area contributed by atoms with E-state index in [1.807, 2.05) is 18.2 Å². The Hall–Kier alpha value is -1.49. The molecule has 3 N–H and O–H groups in total. The van der Waals surface area contributed by atoms with Gasteiger partial charge in [-0.05, 0) is 17.7 Å². The van der Waals surface area contributed by atoms with Gasteiger partial charge in [-0.1, -0.05) is 30.3 Å². The van der Waals surface area contributed by atoms with Crippen molar-refractivity contribution in [2.45, 2.75) is 6.42 Å². The van der Waals surface area contributed by atoms with Crippen molar-refractivity contribution in [3.8, 4) is 17.2 Å². The van der Waals surface area contributed by atoms with Crippen molar-refractivity contribution >= 4 is 5.78 Å². The fourth-order valence-corrected chi connectivity index (χ4v) is 1.67. The maximum atomic E-state index is 11.9. The largest absolute Gasteiger partial charge is 1.00 e. The Balaban J connectivity index is 0.00000180. The molecule has 19 heavy (non-hydrogen) atoms. The zero-order chi connectivity index (χ0) is 13.1. The van der Waals surface area contributed by atoms with Crippen LogP contribution in [0.5, 0.6) is 17.2 Å². The second-order valence-electron chi connectivity index (χ2n) is 3.92. The summed E-state index contributed by atoms with van der Waals surface area (Å²) in [6.07, 6.45) is 0.124. The Morgan fingerprint density at radius 3 is 2.21 bits per heavy atom. The van der Waals surface area contributed by atoms with Gasteiger partial charge in [0.1, 0.15) is 0 Å². The number of ketones is 1. The molecule has 0 aliphatic heterocycles. The Morgan fingerprint density at radius 1 is 0.947 bits per heavy atom. The molecule has 0 atom stereocenters. The minimum absolute atomic E-state index is 0. The molecule has 0 amide bonds. The molecule has 0 fully saturated rings.